The van der Waals surface area contributed by atoms with E-state index in [1.165, 1.54) is 0 Å². The number of hydrogen-bond donors (Lipinski definition) is 1. The summed E-state index contributed by atoms with van der Waals surface area (Å²) in [5.74, 6) is 1.06. The predicted octanol–water partition coefficient (Wildman–Crippen LogP) is 4.80. The molecule has 0 unspecified atom stereocenters. The van der Waals surface area contributed by atoms with Crippen LogP contribution in [-0.2, 0) is 0 Å². The van der Waals surface area contributed by atoms with Gasteiger partial charge in [0, 0.05) is 10.3 Å². The van der Waals surface area contributed by atoms with Crippen molar-refractivity contribution in [1.29, 1.82) is 0 Å². The topological polar surface area (TPSA) is 42.2 Å². The van der Waals surface area contributed by atoms with Gasteiger partial charge in [0.1, 0.15) is 5.58 Å². The summed E-state index contributed by atoms with van der Waals surface area (Å²) in [6.07, 6.45) is 0. The molecule has 0 atom stereocenters. The van der Waals surface area contributed by atoms with Gasteiger partial charge in [-0.1, -0.05) is 37.3 Å². The summed E-state index contributed by atoms with van der Waals surface area (Å²) in [5, 5.41) is 3.85. The van der Waals surface area contributed by atoms with Crippen LogP contribution in [0.15, 0.2) is 63.9 Å². The number of anilines is 1. The van der Waals surface area contributed by atoms with Crippen LogP contribution < -0.4 is 5.32 Å². The molecule has 0 bridgehead atoms. The summed E-state index contributed by atoms with van der Waals surface area (Å²) >= 11 is 1.70. The fourth-order valence-corrected chi connectivity index (χ4v) is 2.89. The van der Waals surface area contributed by atoms with Crippen LogP contribution in [0.2, 0.25) is 0 Å². The van der Waals surface area contributed by atoms with Gasteiger partial charge in [-0.05, 0) is 30.0 Å². The Balaban J connectivity index is 1.86. The number of fused-ring (bicyclic) bond motifs is 1. The number of benzene rings is 2. The zero-order valence-corrected chi connectivity index (χ0v) is 12.4. The normalized spacial score (nSPS) is 10.7. The molecule has 0 saturated heterocycles. The fourth-order valence-electron chi connectivity index (χ4n) is 2.13. The van der Waals surface area contributed by atoms with Crippen LogP contribution in [0.4, 0.5) is 5.69 Å². The van der Waals surface area contributed by atoms with E-state index in [0.717, 1.165) is 27.3 Å². The average molecular weight is 297 g/mol. The number of carbonyl (C=O) groups excluding carboxylic acids is 1. The number of carbonyl (C=O) groups is 1. The molecule has 0 aliphatic carbocycles. The largest absolute Gasteiger partial charge is 0.451 e. The van der Waals surface area contributed by atoms with Crippen molar-refractivity contribution < 1.29 is 9.21 Å². The first kappa shape index (κ1) is 13.8. The number of furan rings is 1. The zero-order chi connectivity index (χ0) is 14.7. The third-order valence-corrected chi connectivity index (χ3v) is 4.04. The second-order valence-corrected chi connectivity index (χ2v) is 5.84. The van der Waals surface area contributed by atoms with Gasteiger partial charge < -0.3 is 9.73 Å². The average Bonchev–Trinajstić information content (AvgIpc) is 2.93. The third kappa shape index (κ3) is 2.95. The molecule has 3 rings (SSSR count). The van der Waals surface area contributed by atoms with Crippen molar-refractivity contribution in [2.45, 2.75) is 11.8 Å². The van der Waals surface area contributed by atoms with Crippen molar-refractivity contribution in [2.75, 3.05) is 11.1 Å². The zero-order valence-electron chi connectivity index (χ0n) is 11.6. The lowest BCUT2D eigenvalue weighted by atomic mass is 10.2. The van der Waals surface area contributed by atoms with E-state index < -0.39 is 0 Å². The first-order valence-corrected chi connectivity index (χ1v) is 7.78. The van der Waals surface area contributed by atoms with Crippen LogP contribution in [0.3, 0.4) is 0 Å². The summed E-state index contributed by atoms with van der Waals surface area (Å²) in [5.41, 5.74) is 1.54. The van der Waals surface area contributed by atoms with Crippen molar-refractivity contribution in [3.8, 4) is 0 Å². The number of thioether (sulfide) groups is 1. The molecule has 1 amide bonds. The Labute approximate surface area is 127 Å². The quantitative estimate of drug-likeness (QED) is 0.703. The monoisotopic (exact) mass is 297 g/mol. The molecule has 1 N–H and O–H groups in total. The van der Waals surface area contributed by atoms with E-state index in [1.807, 2.05) is 48.5 Å². The number of hydrogen-bond acceptors (Lipinski definition) is 3. The van der Waals surface area contributed by atoms with E-state index in [9.17, 15) is 4.79 Å². The maximum Gasteiger partial charge on any atom is 0.291 e. The van der Waals surface area contributed by atoms with Gasteiger partial charge >= 0.3 is 0 Å². The summed E-state index contributed by atoms with van der Waals surface area (Å²) in [4.78, 5) is 13.4. The Bertz CT molecular complexity index is 746. The van der Waals surface area contributed by atoms with Gasteiger partial charge in [0.25, 0.3) is 5.91 Å². The maximum atomic E-state index is 12.3. The van der Waals surface area contributed by atoms with E-state index in [4.69, 9.17) is 4.42 Å². The minimum absolute atomic E-state index is 0.227. The Morgan fingerprint density at radius 2 is 1.90 bits per heavy atom. The molecule has 0 fully saturated rings. The van der Waals surface area contributed by atoms with Crippen LogP contribution >= 0.6 is 11.8 Å². The second-order valence-electron chi connectivity index (χ2n) is 4.53. The molecular formula is C17H15NO2S. The highest BCUT2D eigenvalue weighted by atomic mass is 32.2. The second kappa shape index (κ2) is 6.06. The number of rotatable bonds is 4. The summed E-state index contributed by atoms with van der Waals surface area (Å²) < 4.78 is 5.58. The number of para-hydroxylation sites is 2. The molecule has 0 aliphatic heterocycles. The fraction of sp³-hybridized carbons (Fsp3) is 0.118. The number of amides is 1. The number of nitrogens with one attached hydrogen (secondary N) is 1. The third-order valence-electron chi connectivity index (χ3n) is 3.08. The van der Waals surface area contributed by atoms with Crippen LogP contribution in [0.1, 0.15) is 17.5 Å². The first-order valence-electron chi connectivity index (χ1n) is 6.79. The van der Waals surface area contributed by atoms with Crippen LogP contribution in [0, 0.1) is 0 Å². The van der Waals surface area contributed by atoms with Gasteiger partial charge in [-0.3, -0.25) is 4.79 Å². The minimum Gasteiger partial charge on any atom is -0.451 e. The SMILES string of the molecule is CCSc1ccccc1NC(=O)c1cc2ccccc2o1. The molecule has 1 aromatic heterocycles. The molecule has 2 aromatic carbocycles. The van der Waals surface area contributed by atoms with Crippen molar-refractivity contribution >= 4 is 34.3 Å². The highest BCUT2D eigenvalue weighted by Crippen LogP contribution is 2.27. The molecule has 3 nitrogen and oxygen atoms in total. The smallest absolute Gasteiger partial charge is 0.291 e. The molecule has 0 spiro atoms. The Morgan fingerprint density at radius 1 is 1.14 bits per heavy atom. The Hall–Kier alpha value is -2.20. The lowest BCUT2D eigenvalue weighted by Crippen LogP contribution is -2.11. The molecule has 21 heavy (non-hydrogen) atoms. The van der Waals surface area contributed by atoms with Crippen LogP contribution in [-0.4, -0.2) is 11.7 Å². The predicted molar refractivity (Wildman–Crippen MR) is 87.0 cm³/mol. The van der Waals surface area contributed by atoms with E-state index in [2.05, 4.69) is 12.2 Å². The van der Waals surface area contributed by atoms with Gasteiger partial charge in [-0.2, -0.15) is 0 Å². The van der Waals surface area contributed by atoms with E-state index in [0.29, 0.717) is 5.76 Å². The lowest BCUT2D eigenvalue weighted by molar-refractivity contribution is 0.0998. The highest BCUT2D eigenvalue weighted by molar-refractivity contribution is 7.99. The molecule has 0 aliphatic rings. The van der Waals surface area contributed by atoms with Gasteiger partial charge in [0.15, 0.2) is 5.76 Å². The van der Waals surface area contributed by atoms with Crippen molar-refractivity contribution in [3.63, 3.8) is 0 Å². The molecule has 3 aromatic rings. The van der Waals surface area contributed by atoms with Gasteiger partial charge in [-0.25, -0.2) is 0 Å². The molecule has 106 valence electrons. The summed E-state index contributed by atoms with van der Waals surface area (Å²) in [7, 11) is 0. The van der Waals surface area contributed by atoms with Gasteiger partial charge in [-0.15, -0.1) is 11.8 Å². The van der Waals surface area contributed by atoms with Crippen molar-refractivity contribution in [1.82, 2.24) is 0 Å². The molecule has 0 saturated carbocycles. The van der Waals surface area contributed by atoms with E-state index in [-0.39, 0.29) is 5.91 Å². The first-order chi connectivity index (χ1) is 10.3. The van der Waals surface area contributed by atoms with Gasteiger partial charge in [0.2, 0.25) is 0 Å². The van der Waals surface area contributed by atoms with Crippen molar-refractivity contribution in [3.05, 3.63) is 60.4 Å². The molecule has 1 heterocycles. The standard InChI is InChI=1S/C17H15NO2S/c1-2-21-16-10-6-4-8-13(16)18-17(19)15-11-12-7-3-5-9-14(12)20-15/h3-11H,2H2,1H3,(H,18,19). The molecule has 4 heteroatoms. The summed E-state index contributed by atoms with van der Waals surface area (Å²) in [6, 6.07) is 17.1. The van der Waals surface area contributed by atoms with E-state index >= 15 is 0 Å². The summed E-state index contributed by atoms with van der Waals surface area (Å²) in [6.45, 7) is 2.09. The highest BCUT2D eigenvalue weighted by Gasteiger charge is 2.13. The molecular weight excluding hydrogens is 282 g/mol. The lowest BCUT2D eigenvalue weighted by Gasteiger charge is -2.08. The van der Waals surface area contributed by atoms with Gasteiger partial charge in [0.05, 0.1) is 5.69 Å². The van der Waals surface area contributed by atoms with Crippen LogP contribution in [0.25, 0.3) is 11.0 Å². The van der Waals surface area contributed by atoms with Crippen LogP contribution in [0.5, 0.6) is 0 Å². The maximum absolute atomic E-state index is 12.3. The minimum atomic E-state index is -0.227. The molecule has 0 radical (unpaired) electrons. The Kier molecular flexibility index (Phi) is 3.97. The van der Waals surface area contributed by atoms with Crippen molar-refractivity contribution in [2.24, 2.45) is 0 Å². The Morgan fingerprint density at radius 3 is 2.71 bits per heavy atom. The van der Waals surface area contributed by atoms with E-state index in [1.54, 1.807) is 17.8 Å².